The lowest BCUT2D eigenvalue weighted by atomic mass is 9.77. The second-order valence-electron chi connectivity index (χ2n) is 8.07. The Morgan fingerprint density at radius 2 is 1.14 bits per heavy atom. The van der Waals surface area contributed by atoms with Crippen LogP contribution >= 0.6 is 0 Å². The lowest BCUT2D eigenvalue weighted by molar-refractivity contribution is -0.124. The average molecular weight is 388 g/mol. The molecule has 0 aliphatic carbocycles. The van der Waals surface area contributed by atoms with E-state index in [1.54, 1.807) is 0 Å². The number of terminal acetylenes is 1. The highest BCUT2D eigenvalue weighted by molar-refractivity contribution is 6.04. The molecule has 29 heavy (non-hydrogen) atoms. The number of anilines is 2. The number of nitrogens with zero attached hydrogens (tertiary/aromatic N) is 1. The van der Waals surface area contributed by atoms with E-state index in [1.807, 2.05) is 0 Å². The zero-order valence-electron chi connectivity index (χ0n) is 18.9. The molecule has 0 radical (unpaired) electrons. The highest BCUT2D eigenvalue weighted by Gasteiger charge is 2.34. The van der Waals surface area contributed by atoms with Crippen molar-refractivity contribution in [1.29, 1.82) is 0 Å². The van der Waals surface area contributed by atoms with E-state index in [0.29, 0.717) is 6.47 Å². The van der Waals surface area contributed by atoms with Crippen LogP contribution in [0.2, 0.25) is 0 Å². The Morgan fingerprint density at radius 1 is 0.759 bits per heavy atom. The van der Waals surface area contributed by atoms with Crippen molar-refractivity contribution in [2.75, 3.05) is 11.9 Å². The van der Waals surface area contributed by atoms with Gasteiger partial charge in [0.2, 0.25) is 0 Å². The van der Waals surface area contributed by atoms with Crippen LogP contribution in [0.15, 0.2) is 5.76 Å². The predicted molar refractivity (Wildman–Crippen MR) is 121 cm³/mol. The van der Waals surface area contributed by atoms with E-state index in [4.69, 9.17) is 11.2 Å². The van der Waals surface area contributed by atoms with Crippen LogP contribution in [0.5, 0.6) is 0 Å². The quantitative estimate of drug-likeness (QED) is 0.370. The van der Waals surface area contributed by atoms with Crippen LogP contribution in [-0.2, 0) is 9.53 Å². The Balaban J connectivity index is 2.68. The van der Waals surface area contributed by atoms with Crippen molar-refractivity contribution in [3.05, 3.63) is 61.4 Å². The van der Waals surface area contributed by atoms with Crippen molar-refractivity contribution < 1.29 is 9.53 Å². The van der Waals surface area contributed by atoms with Crippen molar-refractivity contribution in [1.82, 2.24) is 0 Å². The number of carbonyl (C=O) groups is 1. The van der Waals surface area contributed by atoms with Crippen LogP contribution in [0.1, 0.15) is 55.6 Å². The molecule has 0 bridgehead atoms. The van der Waals surface area contributed by atoms with Gasteiger partial charge in [-0.2, -0.15) is 0 Å². The van der Waals surface area contributed by atoms with Crippen LogP contribution in [0, 0.1) is 67.7 Å². The first kappa shape index (κ1) is 20.7. The predicted octanol–water partition coefficient (Wildman–Crippen LogP) is 5.80. The van der Waals surface area contributed by atoms with E-state index in [1.165, 1.54) is 33.4 Å². The molecule has 0 aromatic heterocycles. The maximum atomic E-state index is 11.3. The van der Waals surface area contributed by atoms with Gasteiger partial charge in [-0.25, -0.2) is 0 Å². The fourth-order valence-corrected chi connectivity index (χ4v) is 4.71. The number of benzene rings is 2. The minimum atomic E-state index is 0.270. The molecule has 3 heteroatoms. The highest BCUT2D eigenvalue weighted by Crippen LogP contribution is 2.53. The normalized spacial score (nSPS) is 12.3. The first-order chi connectivity index (χ1) is 13.6. The Morgan fingerprint density at radius 3 is 1.48 bits per heavy atom. The third kappa shape index (κ3) is 2.70. The Hall–Kier alpha value is -2.99. The molecule has 0 atom stereocenters. The Labute approximate surface area is 174 Å². The molecule has 2 aromatic rings. The molecular weight excluding hydrogens is 358 g/mol. The minimum Gasteiger partial charge on any atom is -0.419 e. The summed E-state index contributed by atoms with van der Waals surface area (Å²) < 4.78 is 5.35. The molecule has 3 nitrogen and oxygen atoms in total. The van der Waals surface area contributed by atoms with E-state index in [2.05, 4.69) is 73.3 Å². The lowest BCUT2D eigenvalue weighted by Crippen LogP contribution is -2.25. The van der Waals surface area contributed by atoms with Gasteiger partial charge in [0.1, 0.15) is 0 Å². The molecule has 150 valence electrons. The first-order valence-electron chi connectivity index (χ1n) is 9.86. The number of fused-ring (bicyclic) bond motifs is 2. The second kappa shape index (κ2) is 7.12. The maximum Gasteiger partial charge on any atom is 0.299 e. The third-order valence-corrected chi connectivity index (χ3v) is 7.00. The first-order valence-corrected chi connectivity index (χ1v) is 9.86. The number of rotatable bonds is 2. The van der Waals surface area contributed by atoms with Gasteiger partial charge in [-0.05, 0) is 106 Å². The zero-order chi connectivity index (χ0) is 21.8. The molecule has 0 N–H and O–H groups in total. The smallest absolute Gasteiger partial charge is 0.299 e. The van der Waals surface area contributed by atoms with E-state index >= 15 is 0 Å². The minimum absolute atomic E-state index is 0.270. The molecule has 0 saturated carbocycles. The number of allylic oxidation sites excluding steroid dienone is 1. The molecule has 1 aliphatic rings. The van der Waals surface area contributed by atoms with Gasteiger partial charge in [0.25, 0.3) is 6.47 Å². The summed E-state index contributed by atoms with van der Waals surface area (Å²) in [5.41, 5.74) is 15.0. The van der Waals surface area contributed by atoms with E-state index < -0.39 is 0 Å². The molecule has 0 unspecified atom stereocenters. The van der Waals surface area contributed by atoms with Crippen molar-refractivity contribution in [2.24, 2.45) is 0 Å². The highest BCUT2D eigenvalue weighted by atomic mass is 16.5. The standard InChI is InChI=1S/C26H29NO2/c1-11-21(29-12-28)24-22-17(6)13(2)15(4)19(8)25(22)27(10)26-20(9)16(5)14(3)18(7)23(24)26/h1,12H,2-10H3. The van der Waals surface area contributed by atoms with E-state index in [0.717, 1.165) is 39.2 Å². The van der Waals surface area contributed by atoms with Crippen LogP contribution < -0.4 is 4.90 Å². The third-order valence-electron chi connectivity index (χ3n) is 7.00. The van der Waals surface area contributed by atoms with E-state index in [-0.39, 0.29) is 5.76 Å². The summed E-state index contributed by atoms with van der Waals surface area (Å²) in [4.78, 5) is 13.6. The Bertz CT molecular complexity index is 1070. The molecule has 1 heterocycles. The molecule has 3 rings (SSSR count). The van der Waals surface area contributed by atoms with Gasteiger partial charge >= 0.3 is 0 Å². The SMILES string of the molecule is C#CC(OC=O)=C1c2c(C)c(C)c(C)c(C)c2N(C)c2c(C)c(C)c(C)c(C)c21. The van der Waals surface area contributed by atoms with Crippen molar-refractivity contribution in [2.45, 2.75) is 55.4 Å². The number of carbonyl (C=O) groups excluding carboxylic acids is 1. The molecule has 0 spiro atoms. The van der Waals surface area contributed by atoms with Gasteiger partial charge in [-0.1, -0.05) is 0 Å². The largest absolute Gasteiger partial charge is 0.419 e. The summed E-state index contributed by atoms with van der Waals surface area (Å²) in [6.07, 6.45) is 5.85. The second-order valence-corrected chi connectivity index (χ2v) is 8.07. The van der Waals surface area contributed by atoms with E-state index in [9.17, 15) is 4.79 Å². The molecule has 0 fully saturated rings. The fourth-order valence-electron chi connectivity index (χ4n) is 4.71. The number of ether oxygens (including phenoxy) is 1. The van der Waals surface area contributed by atoms with Crippen LogP contribution in [-0.4, -0.2) is 13.5 Å². The van der Waals surface area contributed by atoms with Crippen LogP contribution in [0.3, 0.4) is 0 Å². The van der Waals surface area contributed by atoms with Crippen molar-refractivity contribution >= 4 is 23.4 Å². The number of hydrogen-bond donors (Lipinski definition) is 0. The van der Waals surface area contributed by atoms with Gasteiger partial charge in [-0.15, -0.1) is 6.42 Å². The lowest BCUT2D eigenvalue weighted by Gasteiger charge is -2.39. The monoisotopic (exact) mass is 387 g/mol. The van der Waals surface area contributed by atoms with Gasteiger partial charge < -0.3 is 9.64 Å². The summed E-state index contributed by atoms with van der Waals surface area (Å²) in [7, 11) is 2.12. The topological polar surface area (TPSA) is 29.5 Å². The zero-order valence-corrected chi connectivity index (χ0v) is 18.9. The van der Waals surface area contributed by atoms with Crippen molar-refractivity contribution in [3.63, 3.8) is 0 Å². The average Bonchev–Trinajstić information content (AvgIpc) is 2.70. The van der Waals surface area contributed by atoms with Crippen molar-refractivity contribution in [3.8, 4) is 12.3 Å². The maximum absolute atomic E-state index is 11.3. The molecule has 1 aliphatic heterocycles. The number of hydrogen-bond acceptors (Lipinski definition) is 3. The Kier molecular flexibility index (Phi) is 5.09. The van der Waals surface area contributed by atoms with Crippen LogP contribution in [0.25, 0.3) is 5.57 Å². The van der Waals surface area contributed by atoms with Crippen LogP contribution in [0.4, 0.5) is 11.4 Å². The van der Waals surface area contributed by atoms with Gasteiger partial charge in [0, 0.05) is 23.7 Å². The molecule has 0 saturated heterocycles. The molecule has 0 amide bonds. The summed E-state index contributed by atoms with van der Waals surface area (Å²) >= 11 is 0. The summed E-state index contributed by atoms with van der Waals surface area (Å²) in [5, 5.41) is 0. The fraction of sp³-hybridized carbons (Fsp3) is 0.346. The summed E-state index contributed by atoms with van der Waals surface area (Å²) in [6, 6.07) is 0. The summed E-state index contributed by atoms with van der Waals surface area (Å²) in [6.45, 7) is 17.6. The van der Waals surface area contributed by atoms with Gasteiger partial charge in [0.15, 0.2) is 5.76 Å². The molecular formula is C26H29NO2. The van der Waals surface area contributed by atoms with Gasteiger partial charge in [-0.3, -0.25) is 4.79 Å². The van der Waals surface area contributed by atoms with Gasteiger partial charge in [0.05, 0.1) is 11.4 Å². The summed E-state index contributed by atoms with van der Waals surface area (Å²) in [5.74, 6) is 2.91. The molecule has 2 aromatic carbocycles.